The Morgan fingerprint density at radius 2 is 0.674 bits per heavy atom. The first kappa shape index (κ1) is 32.4. The fourth-order valence-corrected chi connectivity index (χ4v) is 5.70. The molecule has 5 aromatic rings. The molecule has 5 rings (SSSR count). The van der Waals surface area contributed by atoms with Gasteiger partial charge in [-0.05, 0) is 74.2 Å². The lowest BCUT2D eigenvalue weighted by Gasteiger charge is -2.20. The lowest BCUT2D eigenvalue weighted by atomic mass is 10.1. The normalized spacial score (nSPS) is 11.4. The van der Waals surface area contributed by atoms with E-state index in [2.05, 4.69) is 193 Å². The van der Waals surface area contributed by atoms with Crippen LogP contribution < -0.4 is 18.9 Å². The summed E-state index contributed by atoms with van der Waals surface area (Å²) in [5.41, 5.74) is 9.96. The summed E-state index contributed by atoms with van der Waals surface area (Å²) in [6.07, 6.45) is 17.3. The van der Waals surface area contributed by atoms with Crippen molar-refractivity contribution < 1.29 is 9.13 Å². The molecular weight excluding hydrogens is 560 g/mol. The second-order valence-corrected chi connectivity index (χ2v) is 11.6. The van der Waals surface area contributed by atoms with Crippen molar-refractivity contribution in [3.63, 3.8) is 0 Å². The second-order valence-electron chi connectivity index (χ2n) is 11.6. The van der Waals surface area contributed by atoms with E-state index in [0.29, 0.717) is 0 Å². The Labute approximate surface area is 276 Å². The standard InChI is InChI=1S/C42H48N4/c1-5-45(6-2)41-21-17-35(18-22-41)9-11-37-25-29-43(30-26-37)33-39-13-15-40(16-14-39)34-44-31-27-38(28-32-44)12-10-36-19-23-42(24-20-36)46(7-3)8-4/h9-32H,5-8,33-34H2,1-4H3/q+2. The summed E-state index contributed by atoms with van der Waals surface area (Å²) in [6.45, 7) is 14.6. The van der Waals surface area contributed by atoms with Gasteiger partial charge < -0.3 is 9.80 Å². The zero-order valence-electron chi connectivity index (χ0n) is 27.9. The van der Waals surface area contributed by atoms with Crippen LogP contribution in [0, 0.1) is 0 Å². The molecule has 0 aliphatic heterocycles. The fraction of sp³-hybridized carbons (Fsp3) is 0.238. The molecule has 0 spiro atoms. The number of hydrogen-bond acceptors (Lipinski definition) is 2. The number of hydrogen-bond donors (Lipinski definition) is 0. The van der Waals surface area contributed by atoms with Crippen molar-refractivity contribution in [3.05, 3.63) is 155 Å². The van der Waals surface area contributed by atoms with Gasteiger partial charge in [-0.2, -0.15) is 0 Å². The van der Waals surface area contributed by atoms with E-state index in [0.717, 1.165) is 39.3 Å². The molecule has 0 aliphatic carbocycles. The molecule has 46 heavy (non-hydrogen) atoms. The summed E-state index contributed by atoms with van der Waals surface area (Å²) in [7, 11) is 0. The molecule has 3 aromatic carbocycles. The second kappa shape index (κ2) is 16.4. The molecule has 0 saturated heterocycles. The summed E-state index contributed by atoms with van der Waals surface area (Å²) < 4.78 is 4.46. The highest BCUT2D eigenvalue weighted by Crippen LogP contribution is 2.18. The largest absolute Gasteiger partial charge is 0.372 e. The molecule has 0 aliphatic rings. The van der Waals surface area contributed by atoms with E-state index in [4.69, 9.17) is 0 Å². The Morgan fingerprint density at radius 1 is 0.391 bits per heavy atom. The molecule has 0 atom stereocenters. The van der Waals surface area contributed by atoms with Crippen molar-refractivity contribution in [2.75, 3.05) is 36.0 Å². The molecule has 234 valence electrons. The summed E-state index contributed by atoms with van der Waals surface area (Å²) in [5, 5.41) is 0. The van der Waals surface area contributed by atoms with Crippen LogP contribution in [0.2, 0.25) is 0 Å². The maximum absolute atomic E-state index is 2.36. The monoisotopic (exact) mass is 608 g/mol. The van der Waals surface area contributed by atoms with Crippen molar-refractivity contribution in [1.82, 2.24) is 0 Å². The molecule has 0 fully saturated rings. The third kappa shape index (κ3) is 9.04. The zero-order chi connectivity index (χ0) is 32.1. The van der Waals surface area contributed by atoms with Gasteiger partial charge in [-0.15, -0.1) is 0 Å². The van der Waals surface area contributed by atoms with Gasteiger partial charge in [0.1, 0.15) is 0 Å². The first-order valence-corrected chi connectivity index (χ1v) is 16.7. The molecule has 0 N–H and O–H groups in total. The minimum absolute atomic E-state index is 0.851. The van der Waals surface area contributed by atoms with Crippen molar-refractivity contribution in [2.45, 2.75) is 40.8 Å². The van der Waals surface area contributed by atoms with Gasteiger partial charge in [0.05, 0.1) is 0 Å². The van der Waals surface area contributed by atoms with Crippen LogP contribution >= 0.6 is 0 Å². The molecule has 4 nitrogen and oxygen atoms in total. The van der Waals surface area contributed by atoms with Gasteiger partial charge in [0.2, 0.25) is 0 Å². The summed E-state index contributed by atoms with van der Waals surface area (Å²) >= 11 is 0. The first-order valence-electron chi connectivity index (χ1n) is 16.7. The van der Waals surface area contributed by atoms with Crippen molar-refractivity contribution in [1.29, 1.82) is 0 Å². The summed E-state index contributed by atoms with van der Waals surface area (Å²) in [5.74, 6) is 0. The van der Waals surface area contributed by atoms with Crippen molar-refractivity contribution in [2.24, 2.45) is 0 Å². The van der Waals surface area contributed by atoms with E-state index in [9.17, 15) is 0 Å². The SMILES string of the molecule is CCN(CC)c1ccc(/C=C/c2cc[n+](Cc3ccc(C[n+]4ccc(/C=C/c5ccc(N(CC)CC)cc5)cc4)cc3)cc2)cc1. The highest BCUT2D eigenvalue weighted by Gasteiger charge is 2.07. The first-order chi connectivity index (χ1) is 22.6. The van der Waals surface area contributed by atoms with Crippen LogP contribution in [0.5, 0.6) is 0 Å². The Morgan fingerprint density at radius 3 is 0.957 bits per heavy atom. The Hall–Kier alpha value is -4.96. The van der Waals surface area contributed by atoms with Crippen LogP contribution in [0.15, 0.2) is 122 Å². The maximum Gasteiger partial charge on any atom is 0.173 e. The van der Waals surface area contributed by atoms with E-state index in [1.807, 2.05) is 0 Å². The van der Waals surface area contributed by atoms with Crippen LogP contribution in [0.4, 0.5) is 11.4 Å². The van der Waals surface area contributed by atoms with E-state index in [-0.39, 0.29) is 0 Å². The molecule has 2 heterocycles. The van der Waals surface area contributed by atoms with E-state index in [1.54, 1.807) is 0 Å². The molecule has 0 amide bonds. The Balaban J connectivity index is 1.10. The molecule has 0 saturated carbocycles. The molecule has 2 aromatic heterocycles. The van der Waals surface area contributed by atoms with Gasteiger partial charge in [0.15, 0.2) is 37.9 Å². The third-order valence-electron chi connectivity index (χ3n) is 8.57. The van der Waals surface area contributed by atoms with Crippen LogP contribution in [0.3, 0.4) is 0 Å². The van der Waals surface area contributed by atoms with Crippen molar-refractivity contribution >= 4 is 35.7 Å². The quantitative estimate of drug-likeness (QED) is 0.118. The van der Waals surface area contributed by atoms with E-state index in [1.165, 1.54) is 44.8 Å². The van der Waals surface area contributed by atoms with Crippen LogP contribution in [-0.2, 0) is 13.1 Å². The highest BCUT2D eigenvalue weighted by molar-refractivity contribution is 5.71. The number of rotatable bonds is 14. The minimum Gasteiger partial charge on any atom is -0.372 e. The number of benzene rings is 3. The maximum atomic E-state index is 2.36. The van der Waals surface area contributed by atoms with Crippen molar-refractivity contribution in [3.8, 4) is 0 Å². The predicted octanol–water partition coefficient (Wildman–Crippen LogP) is 8.39. The molecule has 0 unspecified atom stereocenters. The van der Waals surface area contributed by atoms with E-state index >= 15 is 0 Å². The summed E-state index contributed by atoms with van der Waals surface area (Å²) in [4.78, 5) is 4.73. The van der Waals surface area contributed by atoms with Crippen LogP contribution in [0.1, 0.15) is 61.1 Å². The topological polar surface area (TPSA) is 14.2 Å². The Kier molecular flexibility index (Phi) is 11.5. The van der Waals surface area contributed by atoms with Gasteiger partial charge in [0, 0.05) is 72.9 Å². The molecule has 0 bridgehead atoms. The van der Waals surface area contributed by atoms with Gasteiger partial charge in [-0.3, -0.25) is 0 Å². The van der Waals surface area contributed by atoms with E-state index < -0.39 is 0 Å². The predicted molar refractivity (Wildman–Crippen MR) is 196 cm³/mol. The van der Waals surface area contributed by atoms with Crippen LogP contribution in [-0.4, -0.2) is 26.2 Å². The number of pyridine rings is 2. The Bertz CT molecular complexity index is 1550. The molecule has 0 radical (unpaired) electrons. The number of nitrogens with zero attached hydrogens (tertiary/aromatic N) is 4. The van der Waals surface area contributed by atoms with Gasteiger partial charge in [-0.25, -0.2) is 9.13 Å². The van der Waals surface area contributed by atoms with Gasteiger partial charge in [0.25, 0.3) is 0 Å². The van der Waals surface area contributed by atoms with Gasteiger partial charge in [-0.1, -0.05) is 72.8 Å². The van der Waals surface area contributed by atoms with Gasteiger partial charge >= 0.3 is 0 Å². The fourth-order valence-electron chi connectivity index (χ4n) is 5.70. The smallest absolute Gasteiger partial charge is 0.173 e. The third-order valence-corrected chi connectivity index (χ3v) is 8.57. The average Bonchev–Trinajstić information content (AvgIpc) is 3.11. The molecule has 4 heteroatoms. The average molecular weight is 609 g/mol. The van der Waals surface area contributed by atoms with Crippen LogP contribution in [0.25, 0.3) is 24.3 Å². The minimum atomic E-state index is 0.851. The summed E-state index contributed by atoms with van der Waals surface area (Å²) in [6, 6.07) is 35.2. The highest BCUT2D eigenvalue weighted by atomic mass is 15.1. The number of anilines is 2. The number of aromatic nitrogens is 2. The lowest BCUT2D eigenvalue weighted by Crippen LogP contribution is -2.34. The lowest BCUT2D eigenvalue weighted by molar-refractivity contribution is -0.689. The molecular formula is C42H48N4+2. The zero-order valence-corrected chi connectivity index (χ0v) is 27.9.